The van der Waals surface area contributed by atoms with Crippen molar-refractivity contribution < 1.29 is 14.3 Å². The zero-order chi connectivity index (χ0) is 20.5. The summed E-state index contributed by atoms with van der Waals surface area (Å²) in [6.45, 7) is 4.45. The molecule has 0 unspecified atom stereocenters. The molecule has 2 N–H and O–H groups in total. The maximum atomic E-state index is 13.0. The fourth-order valence-electron chi connectivity index (χ4n) is 3.17. The topological polar surface area (TPSA) is 85.3 Å². The molecule has 0 fully saturated rings. The molecule has 0 bridgehead atoms. The van der Waals surface area contributed by atoms with Crippen LogP contribution in [-0.4, -0.2) is 28.3 Å². The molecule has 150 valence electrons. The normalized spacial score (nSPS) is 13.4. The first-order valence-electron chi connectivity index (χ1n) is 9.42. The Morgan fingerprint density at radius 1 is 1.24 bits per heavy atom. The van der Waals surface area contributed by atoms with Gasteiger partial charge in [0, 0.05) is 11.6 Å². The number of nitrogens with zero attached hydrogens (tertiary/aromatic N) is 1. The summed E-state index contributed by atoms with van der Waals surface area (Å²) in [5.74, 6) is 1.17. The monoisotopic (exact) mass is 411 g/mol. The summed E-state index contributed by atoms with van der Waals surface area (Å²) in [6.07, 6.45) is 0.840. The molecule has 2 aromatic carbocycles. The van der Waals surface area contributed by atoms with E-state index in [2.05, 4.69) is 10.3 Å². The Morgan fingerprint density at radius 3 is 2.83 bits per heavy atom. The van der Waals surface area contributed by atoms with Crippen LogP contribution < -0.4 is 20.3 Å². The molecule has 1 aliphatic rings. The van der Waals surface area contributed by atoms with E-state index in [1.54, 1.807) is 18.2 Å². The molecule has 1 amide bonds. The molecule has 1 atom stereocenters. The summed E-state index contributed by atoms with van der Waals surface area (Å²) in [4.78, 5) is 28.5. The first-order chi connectivity index (χ1) is 14.0. The van der Waals surface area contributed by atoms with Gasteiger partial charge in [0.2, 0.25) is 6.79 Å². The highest BCUT2D eigenvalue weighted by Crippen LogP contribution is 2.32. The van der Waals surface area contributed by atoms with E-state index in [0.29, 0.717) is 39.3 Å². The van der Waals surface area contributed by atoms with Gasteiger partial charge in [0.25, 0.3) is 11.5 Å². The second-order valence-electron chi connectivity index (χ2n) is 7.05. The maximum Gasteiger partial charge on any atom is 0.262 e. The lowest BCUT2D eigenvalue weighted by Gasteiger charge is -2.12. The highest BCUT2D eigenvalue weighted by atomic mass is 32.1. The molecule has 0 saturated heterocycles. The average molecular weight is 411 g/mol. The Kier molecular flexibility index (Phi) is 5.10. The molecule has 3 aromatic rings. The minimum absolute atomic E-state index is 0.0754. The van der Waals surface area contributed by atoms with Crippen LogP contribution in [0.25, 0.3) is 10.9 Å². The minimum atomic E-state index is -0.213. The summed E-state index contributed by atoms with van der Waals surface area (Å²) < 4.78 is 12.5. The third-order valence-corrected chi connectivity index (χ3v) is 5.33. The fourth-order valence-corrected chi connectivity index (χ4v) is 3.43. The van der Waals surface area contributed by atoms with Crippen LogP contribution in [0.5, 0.6) is 11.5 Å². The van der Waals surface area contributed by atoms with Crippen molar-refractivity contribution >= 4 is 29.0 Å². The van der Waals surface area contributed by atoms with E-state index in [1.165, 1.54) is 4.57 Å². The zero-order valence-electron chi connectivity index (χ0n) is 16.2. The number of aromatic amines is 1. The van der Waals surface area contributed by atoms with Gasteiger partial charge in [-0.3, -0.25) is 14.2 Å². The molecule has 4 rings (SSSR count). The van der Waals surface area contributed by atoms with Gasteiger partial charge in [-0.25, -0.2) is 0 Å². The lowest BCUT2D eigenvalue weighted by molar-refractivity contribution is 0.0939. The lowest BCUT2D eigenvalue weighted by Crippen LogP contribution is -2.32. The van der Waals surface area contributed by atoms with Crippen molar-refractivity contribution in [2.24, 2.45) is 0 Å². The van der Waals surface area contributed by atoms with Gasteiger partial charge < -0.3 is 19.8 Å². The maximum absolute atomic E-state index is 13.0. The Morgan fingerprint density at radius 2 is 2.03 bits per heavy atom. The van der Waals surface area contributed by atoms with Gasteiger partial charge in [0.15, 0.2) is 16.3 Å². The van der Waals surface area contributed by atoms with Crippen molar-refractivity contribution in [1.82, 2.24) is 14.9 Å². The molecule has 8 heteroatoms. The smallest absolute Gasteiger partial charge is 0.262 e. The summed E-state index contributed by atoms with van der Waals surface area (Å²) >= 11 is 5.41. The van der Waals surface area contributed by atoms with Crippen LogP contribution in [0, 0.1) is 4.77 Å². The zero-order valence-corrected chi connectivity index (χ0v) is 17.0. The van der Waals surface area contributed by atoms with E-state index < -0.39 is 0 Å². The van der Waals surface area contributed by atoms with Crippen LogP contribution in [0.15, 0.2) is 41.2 Å². The number of rotatable bonds is 5. The number of benzene rings is 2. The number of hydrogen-bond donors (Lipinski definition) is 2. The Hall–Kier alpha value is -3.13. The van der Waals surface area contributed by atoms with Crippen molar-refractivity contribution in [3.05, 3.63) is 62.6 Å². The third-order valence-electron chi connectivity index (χ3n) is 5.01. The number of hydrogen-bond acceptors (Lipinski definition) is 5. The Bertz CT molecular complexity index is 1210. The number of carbonyl (C=O) groups is 1. The molecular formula is C21H21N3O4S. The van der Waals surface area contributed by atoms with E-state index in [1.807, 2.05) is 32.0 Å². The number of aromatic nitrogens is 2. The largest absolute Gasteiger partial charge is 0.454 e. The van der Waals surface area contributed by atoms with E-state index in [4.69, 9.17) is 21.7 Å². The van der Waals surface area contributed by atoms with Crippen molar-refractivity contribution in [1.29, 1.82) is 0 Å². The van der Waals surface area contributed by atoms with Crippen LogP contribution in [0.2, 0.25) is 0 Å². The highest BCUT2D eigenvalue weighted by Gasteiger charge is 2.15. The second-order valence-corrected chi connectivity index (χ2v) is 7.44. The molecule has 0 aliphatic carbocycles. The fraction of sp³-hybridized carbons (Fsp3) is 0.286. The Labute approximate surface area is 172 Å². The molecule has 0 spiro atoms. The summed E-state index contributed by atoms with van der Waals surface area (Å²) in [5, 5.41) is 3.39. The number of ether oxygens (including phenoxy) is 2. The molecule has 1 aliphatic heterocycles. The lowest BCUT2D eigenvalue weighted by atomic mass is 10.1. The van der Waals surface area contributed by atoms with Gasteiger partial charge >= 0.3 is 0 Å². The van der Waals surface area contributed by atoms with Crippen molar-refractivity contribution in [2.45, 2.75) is 32.9 Å². The predicted molar refractivity (Wildman–Crippen MR) is 112 cm³/mol. The van der Waals surface area contributed by atoms with E-state index in [0.717, 1.165) is 12.0 Å². The molecule has 1 aromatic heterocycles. The van der Waals surface area contributed by atoms with Gasteiger partial charge in [-0.15, -0.1) is 0 Å². The summed E-state index contributed by atoms with van der Waals surface area (Å²) in [7, 11) is 0. The molecule has 0 radical (unpaired) electrons. The van der Waals surface area contributed by atoms with Crippen LogP contribution in [0.4, 0.5) is 0 Å². The minimum Gasteiger partial charge on any atom is -0.454 e. The third kappa shape index (κ3) is 3.75. The number of carbonyl (C=O) groups excluding carboxylic acids is 1. The summed E-state index contributed by atoms with van der Waals surface area (Å²) in [5.41, 5.74) is 1.69. The standard InChI is InChI=1S/C21H21N3O4S/c1-3-12(2)22-19(25)14-5-6-15-16(9-14)23-21(29)24(20(15)26)10-13-4-7-17-18(8-13)28-11-27-17/h4-9,12H,3,10-11H2,1-2H3,(H,22,25)(H,23,29)/t12-/m1/s1. The van der Waals surface area contributed by atoms with Gasteiger partial charge in [0.05, 0.1) is 17.4 Å². The number of amides is 1. The molecule has 7 nitrogen and oxygen atoms in total. The van der Waals surface area contributed by atoms with Crippen LogP contribution in [-0.2, 0) is 6.54 Å². The van der Waals surface area contributed by atoms with Crippen LogP contribution in [0.3, 0.4) is 0 Å². The second kappa shape index (κ2) is 7.71. The van der Waals surface area contributed by atoms with Gasteiger partial charge in [0.1, 0.15) is 0 Å². The first-order valence-corrected chi connectivity index (χ1v) is 9.83. The molecule has 0 saturated carbocycles. The predicted octanol–water partition coefficient (Wildman–Crippen LogP) is 3.36. The van der Waals surface area contributed by atoms with Gasteiger partial charge in [-0.05, 0) is 61.5 Å². The number of nitrogens with one attached hydrogen (secondary N) is 2. The van der Waals surface area contributed by atoms with Crippen molar-refractivity contribution in [3.8, 4) is 11.5 Å². The van der Waals surface area contributed by atoms with Gasteiger partial charge in [-0.2, -0.15) is 0 Å². The molecule has 29 heavy (non-hydrogen) atoms. The number of H-pyrrole nitrogens is 1. The molecule has 2 heterocycles. The van der Waals surface area contributed by atoms with Gasteiger partial charge in [-0.1, -0.05) is 13.0 Å². The Balaban J connectivity index is 1.68. The van der Waals surface area contributed by atoms with E-state index in [-0.39, 0.29) is 24.3 Å². The highest BCUT2D eigenvalue weighted by molar-refractivity contribution is 7.71. The van der Waals surface area contributed by atoms with E-state index >= 15 is 0 Å². The quantitative estimate of drug-likeness (QED) is 0.629. The van der Waals surface area contributed by atoms with Crippen molar-refractivity contribution in [2.75, 3.05) is 6.79 Å². The van der Waals surface area contributed by atoms with Crippen molar-refractivity contribution in [3.63, 3.8) is 0 Å². The first kappa shape index (κ1) is 19.2. The molecular weight excluding hydrogens is 390 g/mol. The van der Waals surface area contributed by atoms with Crippen LogP contribution in [0.1, 0.15) is 36.2 Å². The van der Waals surface area contributed by atoms with Crippen LogP contribution >= 0.6 is 12.2 Å². The summed E-state index contributed by atoms with van der Waals surface area (Å²) in [6, 6.07) is 10.6. The van der Waals surface area contributed by atoms with E-state index in [9.17, 15) is 9.59 Å². The SMILES string of the molecule is CC[C@@H](C)NC(=O)c1ccc2c(=O)n(Cc3ccc4c(c3)OCO4)c(=S)[nH]c2c1. The number of fused-ring (bicyclic) bond motifs is 2. The average Bonchev–Trinajstić information content (AvgIpc) is 3.18.